The van der Waals surface area contributed by atoms with Crippen molar-refractivity contribution in [3.63, 3.8) is 0 Å². The number of amidine groups is 1. The predicted octanol–water partition coefficient (Wildman–Crippen LogP) is 2.39. The van der Waals surface area contributed by atoms with Crippen molar-refractivity contribution in [2.24, 2.45) is 4.99 Å². The number of aromatic hydroxyl groups is 3. The van der Waals surface area contributed by atoms with Crippen molar-refractivity contribution >= 4 is 40.6 Å². The van der Waals surface area contributed by atoms with Crippen LogP contribution >= 0.6 is 11.8 Å². The fraction of sp³-hybridized carbons (Fsp3) is 0. The van der Waals surface area contributed by atoms with Gasteiger partial charge in [0, 0.05) is 6.07 Å². The highest BCUT2D eigenvalue weighted by Crippen LogP contribution is 2.32. The van der Waals surface area contributed by atoms with E-state index in [0.717, 1.165) is 11.8 Å². The van der Waals surface area contributed by atoms with Crippen LogP contribution in [0.25, 0.3) is 6.08 Å². The van der Waals surface area contributed by atoms with Crippen molar-refractivity contribution in [1.82, 2.24) is 5.32 Å². The molecule has 132 valence electrons. The third-order valence-corrected chi connectivity index (χ3v) is 4.30. The van der Waals surface area contributed by atoms with Gasteiger partial charge in [-0.15, -0.1) is 0 Å². The number of carboxylic acid groups (broad SMARTS) is 1. The zero-order chi connectivity index (χ0) is 18.8. The fourth-order valence-electron chi connectivity index (χ4n) is 2.15. The molecule has 0 spiro atoms. The van der Waals surface area contributed by atoms with Gasteiger partial charge in [-0.25, -0.2) is 9.79 Å². The van der Waals surface area contributed by atoms with Crippen LogP contribution in [0.15, 0.2) is 46.3 Å². The van der Waals surface area contributed by atoms with Crippen LogP contribution in [0.3, 0.4) is 0 Å². The van der Waals surface area contributed by atoms with Crippen molar-refractivity contribution in [2.75, 3.05) is 0 Å². The lowest BCUT2D eigenvalue weighted by Crippen LogP contribution is -2.19. The first-order valence-corrected chi connectivity index (χ1v) is 8.03. The zero-order valence-corrected chi connectivity index (χ0v) is 13.8. The number of rotatable bonds is 3. The molecule has 0 bridgehead atoms. The number of aliphatic imine (C=N–C) groups is 1. The molecule has 0 radical (unpaired) electrons. The van der Waals surface area contributed by atoms with Crippen molar-refractivity contribution in [3.05, 3.63) is 52.4 Å². The molecule has 1 aliphatic heterocycles. The third-order valence-electron chi connectivity index (χ3n) is 3.39. The topological polar surface area (TPSA) is 139 Å². The second-order valence-electron chi connectivity index (χ2n) is 5.24. The van der Waals surface area contributed by atoms with E-state index in [2.05, 4.69) is 10.3 Å². The molecule has 1 aliphatic rings. The number of carboxylic acids is 1. The molecule has 5 N–H and O–H groups in total. The summed E-state index contributed by atoms with van der Waals surface area (Å²) < 4.78 is 0. The van der Waals surface area contributed by atoms with Gasteiger partial charge in [-0.2, -0.15) is 0 Å². The van der Waals surface area contributed by atoms with E-state index >= 15 is 0 Å². The molecular formula is C17H12N2O6S. The van der Waals surface area contributed by atoms with Crippen LogP contribution in [0.5, 0.6) is 17.2 Å². The van der Waals surface area contributed by atoms with Crippen molar-refractivity contribution in [1.29, 1.82) is 0 Å². The highest BCUT2D eigenvalue weighted by molar-refractivity contribution is 8.18. The Bertz CT molecular complexity index is 983. The summed E-state index contributed by atoms with van der Waals surface area (Å²) in [5, 5.41) is 40.2. The van der Waals surface area contributed by atoms with E-state index in [1.807, 2.05) is 0 Å². The fourth-order valence-corrected chi connectivity index (χ4v) is 2.99. The lowest BCUT2D eigenvalue weighted by Gasteiger charge is -2.01. The number of carbonyl (C=O) groups excluding carboxylic acids is 1. The second-order valence-corrected chi connectivity index (χ2v) is 6.27. The van der Waals surface area contributed by atoms with E-state index in [4.69, 9.17) is 5.11 Å². The Morgan fingerprint density at radius 3 is 2.46 bits per heavy atom. The van der Waals surface area contributed by atoms with Crippen LogP contribution in [0.4, 0.5) is 5.69 Å². The van der Waals surface area contributed by atoms with Gasteiger partial charge >= 0.3 is 5.97 Å². The molecule has 0 saturated carbocycles. The summed E-state index contributed by atoms with van der Waals surface area (Å²) in [4.78, 5) is 27.4. The van der Waals surface area contributed by atoms with E-state index in [9.17, 15) is 24.9 Å². The second kappa shape index (κ2) is 6.81. The molecule has 1 heterocycles. The molecule has 2 aromatic carbocycles. The van der Waals surface area contributed by atoms with Crippen LogP contribution < -0.4 is 5.32 Å². The normalized spacial score (nSPS) is 16.8. The van der Waals surface area contributed by atoms with E-state index in [1.165, 1.54) is 42.5 Å². The van der Waals surface area contributed by atoms with Gasteiger partial charge in [-0.1, -0.05) is 6.07 Å². The predicted molar refractivity (Wildman–Crippen MR) is 95.6 cm³/mol. The number of phenolic OH excluding ortho intramolecular Hbond substituents is 2. The third kappa shape index (κ3) is 3.62. The van der Waals surface area contributed by atoms with Crippen LogP contribution in [0.1, 0.15) is 15.9 Å². The number of nitrogens with one attached hydrogen (secondary N) is 1. The highest BCUT2D eigenvalue weighted by Gasteiger charge is 2.24. The molecular weight excluding hydrogens is 360 g/mol. The van der Waals surface area contributed by atoms with Crippen LogP contribution in [-0.2, 0) is 4.79 Å². The average molecular weight is 372 g/mol. The van der Waals surface area contributed by atoms with Gasteiger partial charge in [0.2, 0.25) is 0 Å². The maximum absolute atomic E-state index is 12.0. The Hall–Kier alpha value is -3.46. The summed E-state index contributed by atoms with van der Waals surface area (Å²) in [5.74, 6) is -2.64. The molecule has 0 aromatic heterocycles. The zero-order valence-electron chi connectivity index (χ0n) is 13.0. The largest absolute Gasteiger partial charge is 0.507 e. The summed E-state index contributed by atoms with van der Waals surface area (Å²) in [6.07, 6.45) is 1.52. The summed E-state index contributed by atoms with van der Waals surface area (Å²) in [6.45, 7) is 0. The first kappa shape index (κ1) is 17.4. The number of nitrogens with zero attached hydrogens (tertiary/aromatic N) is 1. The van der Waals surface area contributed by atoms with Gasteiger partial charge in [0.1, 0.15) is 11.3 Å². The van der Waals surface area contributed by atoms with Crippen LogP contribution in [0, 0.1) is 0 Å². The Morgan fingerprint density at radius 2 is 1.81 bits per heavy atom. The lowest BCUT2D eigenvalue weighted by molar-refractivity contribution is -0.115. The van der Waals surface area contributed by atoms with Gasteiger partial charge in [-0.05, 0) is 47.7 Å². The van der Waals surface area contributed by atoms with E-state index in [0.29, 0.717) is 10.5 Å². The minimum Gasteiger partial charge on any atom is -0.507 e. The molecule has 9 heteroatoms. The van der Waals surface area contributed by atoms with Gasteiger partial charge in [-0.3, -0.25) is 4.79 Å². The van der Waals surface area contributed by atoms with Gasteiger partial charge in [0.15, 0.2) is 16.7 Å². The molecule has 0 unspecified atom stereocenters. The molecule has 1 amide bonds. The molecule has 1 saturated heterocycles. The van der Waals surface area contributed by atoms with Gasteiger partial charge in [0.25, 0.3) is 5.91 Å². The van der Waals surface area contributed by atoms with Gasteiger partial charge in [0.05, 0.1) is 10.6 Å². The van der Waals surface area contributed by atoms with Crippen molar-refractivity contribution in [2.45, 2.75) is 0 Å². The van der Waals surface area contributed by atoms with E-state index < -0.39 is 17.6 Å². The van der Waals surface area contributed by atoms with E-state index in [1.54, 1.807) is 0 Å². The number of aromatic carboxylic acids is 1. The number of hydrogen-bond acceptors (Lipinski definition) is 7. The average Bonchev–Trinajstić information content (AvgIpc) is 2.90. The Balaban J connectivity index is 1.84. The molecule has 0 aliphatic carbocycles. The van der Waals surface area contributed by atoms with Crippen molar-refractivity contribution < 1.29 is 30.0 Å². The number of phenols is 3. The molecule has 2 aromatic rings. The Morgan fingerprint density at radius 1 is 1.04 bits per heavy atom. The van der Waals surface area contributed by atoms with Gasteiger partial charge < -0.3 is 25.7 Å². The summed E-state index contributed by atoms with van der Waals surface area (Å²) >= 11 is 1.04. The highest BCUT2D eigenvalue weighted by atomic mass is 32.2. The quantitative estimate of drug-likeness (QED) is 0.412. The summed E-state index contributed by atoms with van der Waals surface area (Å²) in [7, 11) is 0. The smallest absolute Gasteiger partial charge is 0.339 e. The molecule has 1 fully saturated rings. The lowest BCUT2D eigenvalue weighted by atomic mass is 10.2. The monoisotopic (exact) mass is 372 g/mol. The molecule has 26 heavy (non-hydrogen) atoms. The first-order valence-electron chi connectivity index (χ1n) is 7.21. The maximum Gasteiger partial charge on any atom is 0.339 e. The minimum absolute atomic E-state index is 0.246. The Labute approximate surface area is 151 Å². The SMILES string of the molecule is O=C1NC(=Nc2ccc(C(=O)O)c(O)c2)S/C1=C\c1ccc(O)c(O)c1. The Kier molecular flexibility index (Phi) is 4.55. The summed E-state index contributed by atoms with van der Waals surface area (Å²) in [6, 6.07) is 7.96. The number of benzene rings is 2. The maximum atomic E-state index is 12.0. The number of hydrogen-bond donors (Lipinski definition) is 5. The molecule has 3 rings (SSSR count). The van der Waals surface area contributed by atoms with Crippen LogP contribution in [-0.4, -0.2) is 37.5 Å². The molecule has 0 atom stereocenters. The number of thioether (sulfide) groups is 1. The summed E-state index contributed by atoms with van der Waals surface area (Å²) in [5.41, 5.74) is 0.547. The number of amides is 1. The minimum atomic E-state index is -1.26. The molecule has 8 nitrogen and oxygen atoms in total. The van der Waals surface area contributed by atoms with Crippen molar-refractivity contribution in [3.8, 4) is 17.2 Å². The standard InChI is InChI=1S/C17H12N2O6S/c20-11-4-1-8(5-13(11)22)6-14-15(23)19-17(26-14)18-9-2-3-10(16(24)25)12(21)7-9/h1-7,20-22H,(H,24,25)(H,18,19,23)/b14-6-. The number of carbonyl (C=O) groups is 2. The van der Waals surface area contributed by atoms with E-state index in [-0.39, 0.29) is 27.9 Å². The first-order chi connectivity index (χ1) is 12.3. The van der Waals surface area contributed by atoms with Crippen LogP contribution in [0.2, 0.25) is 0 Å².